The van der Waals surface area contributed by atoms with Gasteiger partial charge in [-0.2, -0.15) is 4.31 Å². The molecule has 2 unspecified atom stereocenters. The van der Waals surface area contributed by atoms with E-state index in [2.05, 4.69) is 5.32 Å². The molecule has 6 nitrogen and oxygen atoms in total. The van der Waals surface area contributed by atoms with Crippen LogP contribution in [0.2, 0.25) is 0 Å². The number of nitrogens with zero attached hydrogens (tertiary/aromatic N) is 1. The Morgan fingerprint density at radius 2 is 1.58 bits per heavy atom. The van der Waals surface area contributed by atoms with E-state index in [1.54, 1.807) is 25.1 Å². The molecule has 6 rings (SSSR count). The largest absolute Gasteiger partial charge is 0.373 e. The quantitative estimate of drug-likeness (QED) is 0.770. The molecule has 5 fully saturated rings. The summed E-state index contributed by atoms with van der Waals surface area (Å²) < 4.78 is 34.0. The summed E-state index contributed by atoms with van der Waals surface area (Å²) in [6.45, 7) is 6.23. The number of morpholine rings is 1. The first kappa shape index (κ1) is 21.4. The van der Waals surface area contributed by atoms with Gasteiger partial charge >= 0.3 is 0 Å². The van der Waals surface area contributed by atoms with Crippen LogP contribution in [0.25, 0.3) is 0 Å². The molecule has 1 aliphatic heterocycles. The van der Waals surface area contributed by atoms with Gasteiger partial charge in [0.1, 0.15) is 0 Å². The monoisotopic (exact) mass is 446 g/mol. The smallest absolute Gasteiger partial charge is 0.251 e. The van der Waals surface area contributed by atoms with Crippen LogP contribution in [-0.4, -0.2) is 50.0 Å². The number of amides is 1. The van der Waals surface area contributed by atoms with Crippen LogP contribution in [-0.2, 0) is 14.8 Å². The molecule has 1 aromatic carbocycles. The van der Waals surface area contributed by atoms with Gasteiger partial charge in [-0.15, -0.1) is 0 Å². The fraction of sp³-hybridized carbons (Fsp3) is 0.708. The summed E-state index contributed by atoms with van der Waals surface area (Å²) in [5.74, 6) is 2.74. The second-order valence-electron chi connectivity index (χ2n) is 10.5. The fourth-order valence-corrected chi connectivity index (χ4v) is 8.72. The summed E-state index contributed by atoms with van der Waals surface area (Å²) in [5, 5.41) is 3.30. The van der Waals surface area contributed by atoms with Crippen molar-refractivity contribution < 1.29 is 17.9 Å². The standard InChI is InChI=1S/C24H34N2O4S/c1-14-4-5-19(11-22(14)31(28,29)26-12-15(2)30-16(3)13-26)24(27)25-23-20-7-17-6-18(9-20)10-21(23)8-17/h4-5,11,15-18,20-21,23H,6-10,12-13H2,1-3H3,(H,25,27). The molecule has 4 aliphatic carbocycles. The van der Waals surface area contributed by atoms with E-state index in [4.69, 9.17) is 4.74 Å². The molecule has 1 heterocycles. The number of sulfonamides is 1. The maximum absolute atomic E-state index is 13.4. The molecule has 170 valence electrons. The fourth-order valence-electron chi connectivity index (χ4n) is 6.88. The summed E-state index contributed by atoms with van der Waals surface area (Å²) in [4.78, 5) is 13.4. The number of rotatable bonds is 4. The van der Waals surface area contributed by atoms with Crippen LogP contribution in [0.5, 0.6) is 0 Å². The highest BCUT2D eigenvalue weighted by molar-refractivity contribution is 7.89. The minimum atomic E-state index is -3.69. The zero-order valence-corrected chi connectivity index (χ0v) is 19.5. The normalized spacial score (nSPS) is 37.7. The summed E-state index contributed by atoms with van der Waals surface area (Å²) in [5.41, 5.74) is 1.10. The molecule has 7 heteroatoms. The number of carbonyl (C=O) groups is 1. The lowest BCUT2D eigenvalue weighted by atomic mass is 9.54. The Labute approximate surface area is 185 Å². The maximum atomic E-state index is 13.4. The number of hydrogen-bond donors (Lipinski definition) is 1. The van der Waals surface area contributed by atoms with Gasteiger partial charge in [0, 0.05) is 24.7 Å². The van der Waals surface area contributed by atoms with E-state index in [9.17, 15) is 13.2 Å². The highest BCUT2D eigenvalue weighted by Gasteiger charge is 2.48. The molecule has 0 radical (unpaired) electrons. The van der Waals surface area contributed by atoms with Crippen LogP contribution in [0.3, 0.4) is 0 Å². The predicted molar refractivity (Wildman–Crippen MR) is 118 cm³/mol. The minimum absolute atomic E-state index is 0.141. The van der Waals surface area contributed by atoms with E-state index in [-0.39, 0.29) is 29.1 Å². The third kappa shape index (κ3) is 3.93. The summed E-state index contributed by atoms with van der Waals surface area (Å²) in [6, 6.07) is 5.32. The lowest BCUT2D eigenvalue weighted by Gasteiger charge is -2.54. The van der Waals surface area contributed by atoms with E-state index in [0.717, 1.165) is 11.8 Å². The van der Waals surface area contributed by atoms with Crippen LogP contribution in [0, 0.1) is 30.6 Å². The van der Waals surface area contributed by atoms with Gasteiger partial charge in [0.05, 0.1) is 17.1 Å². The summed E-state index contributed by atoms with van der Waals surface area (Å²) in [6.07, 6.45) is 6.02. The van der Waals surface area contributed by atoms with E-state index >= 15 is 0 Å². The molecule has 2 atom stereocenters. The predicted octanol–water partition coefficient (Wildman–Crippen LogP) is 3.35. The number of benzene rings is 1. The SMILES string of the molecule is Cc1ccc(C(=O)NC2C3CC4CC(C3)CC2C4)cc1S(=O)(=O)N1CC(C)OC(C)C1. The zero-order valence-electron chi connectivity index (χ0n) is 18.7. The molecule has 0 aromatic heterocycles. The van der Waals surface area contributed by atoms with Crippen molar-refractivity contribution >= 4 is 15.9 Å². The van der Waals surface area contributed by atoms with Crippen molar-refractivity contribution in [2.45, 2.75) is 76.0 Å². The van der Waals surface area contributed by atoms with Crippen molar-refractivity contribution in [3.63, 3.8) is 0 Å². The second kappa shape index (κ2) is 7.85. The molecule has 31 heavy (non-hydrogen) atoms. The molecule has 1 amide bonds. The van der Waals surface area contributed by atoms with Gasteiger partial charge in [0.25, 0.3) is 5.91 Å². The lowest BCUT2D eigenvalue weighted by Crippen LogP contribution is -2.55. The molecule has 1 saturated heterocycles. The molecule has 4 saturated carbocycles. The number of aryl methyl sites for hydroxylation is 1. The first-order valence-corrected chi connectivity index (χ1v) is 13.2. The van der Waals surface area contributed by atoms with Gasteiger partial charge in [0.15, 0.2) is 0 Å². The first-order chi connectivity index (χ1) is 14.7. The van der Waals surface area contributed by atoms with E-state index in [1.807, 2.05) is 13.8 Å². The third-order valence-electron chi connectivity index (χ3n) is 7.98. The van der Waals surface area contributed by atoms with Gasteiger partial charge in [-0.3, -0.25) is 4.79 Å². The Kier molecular flexibility index (Phi) is 5.42. The Morgan fingerprint density at radius 3 is 2.16 bits per heavy atom. The van der Waals surface area contributed by atoms with E-state index in [0.29, 0.717) is 36.1 Å². The van der Waals surface area contributed by atoms with Crippen molar-refractivity contribution in [2.75, 3.05) is 13.1 Å². The number of hydrogen-bond acceptors (Lipinski definition) is 4. The Morgan fingerprint density at radius 1 is 1.00 bits per heavy atom. The first-order valence-electron chi connectivity index (χ1n) is 11.8. The average Bonchev–Trinajstić information content (AvgIpc) is 2.69. The minimum Gasteiger partial charge on any atom is -0.373 e. The van der Waals surface area contributed by atoms with Crippen molar-refractivity contribution in [3.05, 3.63) is 29.3 Å². The Bertz CT molecular complexity index is 938. The van der Waals surface area contributed by atoms with Gasteiger partial charge in [-0.1, -0.05) is 6.07 Å². The zero-order chi connectivity index (χ0) is 21.9. The van der Waals surface area contributed by atoms with Crippen molar-refractivity contribution in [3.8, 4) is 0 Å². The Hall–Kier alpha value is -1.44. The highest BCUT2D eigenvalue weighted by Crippen LogP contribution is 2.53. The van der Waals surface area contributed by atoms with Gasteiger partial charge < -0.3 is 10.1 Å². The van der Waals surface area contributed by atoms with Gasteiger partial charge in [-0.05, 0) is 94.2 Å². The topological polar surface area (TPSA) is 75.7 Å². The van der Waals surface area contributed by atoms with Crippen molar-refractivity contribution in [2.24, 2.45) is 23.7 Å². The number of carbonyl (C=O) groups excluding carboxylic acids is 1. The molecular weight excluding hydrogens is 412 g/mol. The number of nitrogens with one attached hydrogen (secondary N) is 1. The van der Waals surface area contributed by atoms with Crippen LogP contribution in [0.4, 0.5) is 0 Å². The third-order valence-corrected chi connectivity index (χ3v) is 9.95. The van der Waals surface area contributed by atoms with Gasteiger partial charge in [-0.25, -0.2) is 8.42 Å². The maximum Gasteiger partial charge on any atom is 0.251 e. The van der Waals surface area contributed by atoms with E-state index in [1.165, 1.54) is 36.4 Å². The summed E-state index contributed by atoms with van der Waals surface area (Å²) >= 11 is 0. The molecule has 4 bridgehead atoms. The molecule has 1 aromatic rings. The molecule has 1 N–H and O–H groups in total. The average molecular weight is 447 g/mol. The number of ether oxygens (including phenoxy) is 1. The highest BCUT2D eigenvalue weighted by atomic mass is 32.2. The second-order valence-corrected chi connectivity index (χ2v) is 12.4. The molecule has 5 aliphatic rings. The lowest BCUT2D eigenvalue weighted by molar-refractivity contribution is -0.0441. The molecule has 0 spiro atoms. The van der Waals surface area contributed by atoms with Crippen LogP contribution < -0.4 is 5.32 Å². The van der Waals surface area contributed by atoms with Crippen molar-refractivity contribution in [1.29, 1.82) is 0 Å². The van der Waals surface area contributed by atoms with Crippen LogP contribution >= 0.6 is 0 Å². The van der Waals surface area contributed by atoms with Crippen molar-refractivity contribution in [1.82, 2.24) is 9.62 Å². The van der Waals surface area contributed by atoms with Crippen LogP contribution in [0.15, 0.2) is 23.1 Å². The van der Waals surface area contributed by atoms with Gasteiger partial charge in [0.2, 0.25) is 10.0 Å². The Balaban J connectivity index is 1.36. The molecular formula is C24H34N2O4S. The van der Waals surface area contributed by atoms with E-state index < -0.39 is 10.0 Å². The summed E-state index contributed by atoms with van der Waals surface area (Å²) in [7, 11) is -3.69. The van der Waals surface area contributed by atoms with Crippen LogP contribution in [0.1, 0.15) is 61.9 Å².